The summed E-state index contributed by atoms with van der Waals surface area (Å²) in [5, 5.41) is 21.7. The number of aliphatic hydroxyl groups is 1. The van der Waals surface area contributed by atoms with E-state index in [1.54, 1.807) is 0 Å². The molecule has 5 N–H and O–H groups in total. The Balaban J connectivity index is 1.54. The molecule has 2 aromatic carbocycles. The maximum Gasteiger partial charge on any atom is 0.242 e. The third-order valence-corrected chi connectivity index (χ3v) is 5.38. The number of carbonyl (C=O) groups excluding carboxylic acids is 1. The highest BCUT2D eigenvalue weighted by Crippen LogP contribution is 2.19. The Kier molecular flexibility index (Phi) is 7.65. The number of hydrogen-bond acceptors (Lipinski definition) is 8. The maximum absolute atomic E-state index is 12.4. The SMILES string of the molecule is O=C1NCCCCC1Nc1nc(NCc2ccccc2)nc(Nc2ccc(CCO)cc2)n1. The van der Waals surface area contributed by atoms with Crippen molar-refractivity contribution in [1.82, 2.24) is 20.3 Å². The van der Waals surface area contributed by atoms with E-state index in [1.165, 1.54) is 0 Å². The molecular formula is C24H29N7O2. The number of aromatic nitrogens is 3. The largest absolute Gasteiger partial charge is 0.396 e. The molecule has 2 heterocycles. The zero-order valence-corrected chi connectivity index (χ0v) is 18.4. The minimum absolute atomic E-state index is 0.0410. The molecule has 1 saturated heterocycles. The smallest absolute Gasteiger partial charge is 0.242 e. The Hall–Kier alpha value is -3.72. The standard InChI is InChI=1S/C24H29N7O2/c32-15-13-17-9-11-19(12-10-17)27-23-29-22(26-16-18-6-2-1-3-7-18)30-24(31-23)28-20-8-4-5-14-25-21(20)33/h1-3,6-7,9-12,20,32H,4-5,8,13-16H2,(H,25,33)(H3,26,27,28,29,30,31). The lowest BCUT2D eigenvalue weighted by Gasteiger charge is -2.16. The van der Waals surface area contributed by atoms with E-state index in [0.29, 0.717) is 37.4 Å². The number of hydrogen-bond donors (Lipinski definition) is 5. The van der Waals surface area contributed by atoms with Crippen LogP contribution in [0, 0.1) is 0 Å². The van der Waals surface area contributed by atoms with Crippen molar-refractivity contribution in [1.29, 1.82) is 0 Å². The maximum atomic E-state index is 12.4. The first-order valence-electron chi connectivity index (χ1n) is 11.2. The van der Waals surface area contributed by atoms with Gasteiger partial charge in [-0.15, -0.1) is 0 Å². The third kappa shape index (κ3) is 6.63. The molecule has 4 rings (SSSR count). The number of aliphatic hydroxyl groups excluding tert-OH is 1. The van der Waals surface area contributed by atoms with Gasteiger partial charge < -0.3 is 26.4 Å². The van der Waals surface area contributed by atoms with Crippen LogP contribution in [-0.4, -0.2) is 45.2 Å². The summed E-state index contributed by atoms with van der Waals surface area (Å²) in [5.74, 6) is 1.07. The Morgan fingerprint density at radius 3 is 2.45 bits per heavy atom. The zero-order valence-electron chi connectivity index (χ0n) is 18.4. The normalized spacial score (nSPS) is 15.9. The van der Waals surface area contributed by atoms with Crippen LogP contribution < -0.4 is 21.3 Å². The summed E-state index contributed by atoms with van der Waals surface area (Å²) in [5.41, 5.74) is 2.96. The van der Waals surface area contributed by atoms with Crippen LogP contribution in [-0.2, 0) is 17.8 Å². The van der Waals surface area contributed by atoms with Gasteiger partial charge in [0.25, 0.3) is 0 Å². The minimum atomic E-state index is -0.387. The van der Waals surface area contributed by atoms with Crippen LogP contribution in [0.1, 0.15) is 30.4 Å². The predicted octanol–water partition coefficient (Wildman–Crippen LogP) is 2.84. The van der Waals surface area contributed by atoms with Crippen molar-refractivity contribution in [2.45, 2.75) is 38.3 Å². The van der Waals surface area contributed by atoms with E-state index in [1.807, 2.05) is 54.6 Å². The van der Waals surface area contributed by atoms with Crippen molar-refractivity contribution < 1.29 is 9.90 Å². The summed E-state index contributed by atoms with van der Waals surface area (Å²) in [7, 11) is 0. The molecule has 9 nitrogen and oxygen atoms in total. The first-order chi connectivity index (χ1) is 16.2. The fourth-order valence-electron chi connectivity index (χ4n) is 3.60. The lowest BCUT2D eigenvalue weighted by Crippen LogP contribution is -2.38. The van der Waals surface area contributed by atoms with Crippen LogP contribution in [0.4, 0.5) is 23.5 Å². The van der Waals surface area contributed by atoms with Crippen LogP contribution >= 0.6 is 0 Å². The molecule has 0 bridgehead atoms. The molecule has 0 saturated carbocycles. The van der Waals surface area contributed by atoms with Gasteiger partial charge in [0.15, 0.2) is 0 Å². The minimum Gasteiger partial charge on any atom is -0.396 e. The molecule has 1 aromatic heterocycles. The van der Waals surface area contributed by atoms with Crippen LogP contribution in [0.15, 0.2) is 54.6 Å². The first-order valence-corrected chi connectivity index (χ1v) is 11.2. The number of carbonyl (C=O) groups is 1. The molecule has 1 aliphatic heterocycles. The monoisotopic (exact) mass is 447 g/mol. The summed E-state index contributed by atoms with van der Waals surface area (Å²) >= 11 is 0. The predicted molar refractivity (Wildman–Crippen MR) is 128 cm³/mol. The molecule has 33 heavy (non-hydrogen) atoms. The zero-order chi connectivity index (χ0) is 22.9. The highest BCUT2D eigenvalue weighted by molar-refractivity contribution is 5.84. The molecule has 172 valence electrons. The quantitative estimate of drug-likeness (QED) is 0.339. The molecule has 3 aromatic rings. The second kappa shape index (κ2) is 11.2. The molecule has 1 fully saturated rings. The van der Waals surface area contributed by atoms with Gasteiger partial charge in [-0.05, 0) is 48.9 Å². The van der Waals surface area contributed by atoms with E-state index in [4.69, 9.17) is 5.11 Å². The van der Waals surface area contributed by atoms with Gasteiger partial charge in [0.2, 0.25) is 23.8 Å². The molecule has 0 spiro atoms. The molecule has 1 aliphatic rings. The highest BCUT2D eigenvalue weighted by atomic mass is 16.3. The molecule has 0 radical (unpaired) electrons. The van der Waals surface area contributed by atoms with E-state index in [-0.39, 0.29) is 18.6 Å². The lowest BCUT2D eigenvalue weighted by atomic mass is 10.1. The summed E-state index contributed by atoms with van der Waals surface area (Å²) in [4.78, 5) is 25.9. The van der Waals surface area contributed by atoms with Gasteiger partial charge in [0, 0.05) is 25.4 Å². The number of nitrogens with one attached hydrogen (secondary N) is 4. The highest BCUT2D eigenvalue weighted by Gasteiger charge is 2.22. The lowest BCUT2D eigenvalue weighted by molar-refractivity contribution is -0.121. The Labute approximate surface area is 193 Å². The Bertz CT molecular complexity index is 1040. The molecular weight excluding hydrogens is 418 g/mol. The van der Waals surface area contributed by atoms with Crippen LogP contribution in [0.3, 0.4) is 0 Å². The van der Waals surface area contributed by atoms with E-state index in [2.05, 4.69) is 36.2 Å². The topological polar surface area (TPSA) is 124 Å². The van der Waals surface area contributed by atoms with Crippen molar-refractivity contribution in [3.05, 3.63) is 65.7 Å². The van der Waals surface area contributed by atoms with Crippen molar-refractivity contribution in [3.63, 3.8) is 0 Å². The van der Waals surface area contributed by atoms with Crippen LogP contribution in [0.25, 0.3) is 0 Å². The molecule has 9 heteroatoms. The Morgan fingerprint density at radius 2 is 1.67 bits per heavy atom. The molecule has 1 unspecified atom stereocenters. The van der Waals surface area contributed by atoms with Crippen LogP contribution in [0.2, 0.25) is 0 Å². The average molecular weight is 448 g/mol. The van der Waals surface area contributed by atoms with Crippen molar-refractivity contribution in [2.75, 3.05) is 29.1 Å². The van der Waals surface area contributed by atoms with Gasteiger partial charge in [-0.2, -0.15) is 15.0 Å². The van der Waals surface area contributed by atoms with Gasteiger partial charge in [0.1, 0.15) is 6.04 Å². The fraction of sp³-hybridized carbons (Fsp3) is 0.333. The van der Waals surface area contributed by atoms with E-state index < -0.39 is 0 Å². The van der Waals surface area contributed by atoms with Crippen molar-refractivity contribution in [3.8, 4) is 0 Å². The van der Waals surface area contributed by atoms with Gasteiger partial charge in [-0.25, -0.2) is 0 Å². The van der Waals surface area contributed by atoms with Crippen molar-refractivity contribution >= 4 is 29.4 Å². The number of anilines is 4. The third-order valence-electron chi connectivity index (χ3n) is 5.38. The summed E-state index contributed by atoms with van der Waals surface area (Å²) < 4.78 is 0. The van der Waals surface area contributed by atoms with Gasteiger partial charge in [0.05, 0.1) is 0 Å². The summed E-state index contributed by atoms with van der Waals surface area (Å²) in [6, 6.07) is 17.3. The fourth-order valence-corrected chi connectivity index (χ4v) is 3.60. The molecule has 1 amide bonds. The number of nitrogens with zero attached hydrogens (tertiary/aromatic N) is 3. The van der Waals surface area contributed by atoms with Gasteiger partial charge >= 0.3 is 0 Å². The second-order valence-corrected chi connectivity index (χ2v) is 7.92. The number of amides is 1. The molecule has 0 aliphatic carbocycles. The van der Waals surface area contributed by atoms with E-state index in [9.17, 15) is 4.79 Å². The second-order valence-electron chi connectivity index (χ2n) is 7.92. The van der Waals surface area contributed by atoms with Crippen LogP contribution in [0.5, 0.6) is 0 Å². The first kappa shape index (κ1) is 22.5. The van der Waals surface area contributed by atoms with Gasteiger partial charge in [-0.1, -0.05) is 42.5 Å². The van der Waals surface area contributed by atoms with Gasteiger partial charge in [-0.3, -0.25) is 4.79 Å². The molecule has 1 atom stereocenters. The average Bonchev–Trinajstić information content (AvgIpc) is 3.04. The Morgan fingerprint density at radius 1 is 0.909 bits per heavy atom. The van der Waals surface area contributed by atoms with E-state index >= 15 is 0 Å². The number of benzene rings is 2. The summed E-state index contributed by atoms with van der Waals surface area (Å²) in [6.45, 7) is 1.36. The summed E-state index contributed by atoms with van der Waals surface area (Å²) in [6.07, 6.45) is 3.24. The number of rotatable bonds is 9. The van der Waals surface area contributed by atoms with E-state index in [0.717, 1.165) is 36.1 Å². The van der Waals surface area contributed by atoms with Crippen molar-refractivity contribution in [2.24, 2.45) is 0 Å².